The van der Waals surface area contributed by atoms with Crippen LogP contribution in [0.5, 0.6) is 0 Å². The minimum atomic E-state index is -0.331. The van der Waals surface area contributed by atoms with Crippen LogP contribution >= 0.6 is 0 Å². The molecule has 0 unspecified atom stereocenters. The van der Waals surface area contributed by atoms with Crippen molar-refractivity contribution < 1.29 is 30.7 Å². The Morgan fingerprint density at radius 3 is 2.33 bits per heavy atom. The first-order chi connectivity index (χ1) is 7.31. The van der Waals surface area contributed by atoms with E-state index in [0.29, 0.717) is 6.61 Å². The van der Waals surface area contributed by atoms with Gasteiger partial charge in [0.1, 0.15) is 0 Å². The predicted molar refractivity (Wildman–Crippen MR) is 59.9 cm³/mol. The molecule has 0 fully saturated rings. The van der Waals surface area contributed by atoms with Crippen molar-refractivity contribution in [2.75, 3.05) is 11.0 Å². The zero-order valence-corrected chi connectivity index (χ0v) is 12.2. The number of ether oxygens (including phenoxy) is 1. The summed E-state index contributed by atoms with van der Waals surface area (Å²) < 4.78 is 6.31. The Morgan fingerprint density at radius 2 is 1.67 bits per heavy atom. The zero-order chi connectivity index (χ0) is 11.4. The summed E-state index contributed by atoms with van der Waals surface area (Å²) in [7, 11) is 0. The van der Waals surface area contributed by atoms with E-state index in [2.05, 4.69) is 13.8 Å². The van der Waals surface area contributed by atoms with E-state index in [4.69, 9.17) is 4.74 Å². The number of alkyl halides is 1. The number of halogens is 1. The fourth-order valence-electron chi connectivity index (χ4n) is 1.25. The van der Waals surface area contributed by atoms with Crippen LogP contribution < -0.4 is 21.2 Å². The SMILES string of the molecule is CCCCCCCCOC(=O)[I-]CCC. The van der Waals surface area contributed by atoms with E-state index in [-0.39, 0.29) is 25.2 Å². The molecule has 0 amide bonds. The molecule has 0 heterocycles. The molecule has 0 aliphatic rings. The van der Waals surface area contributed by atoms with Gasteiger partial charge in [0.15, 0.2) is 0 Å². The van der Waals surface area contributed by atoms with Crippen LogP contribution in [-0.2, 0) is 4.74 Å². The van der Waals surface area contributed by atoms with Crippen LogP contribution in [-0.4, -0.2) is 15.0 Å². The van der Waals surface area contributed by atoms with E-state index in [1.807, 2.05) is 0 Å². The molecule has 0 bridgehead atoms. The van der Waals surface area contributed by atoms with Crippen molar-refractivity contribution in [1.82, 2.24) is 0 Å². The second-order valence-corrected chi connectivity index (χ2v) is 6.40. The Morgan fingerprint density at radius 1 is 1.00 bits per heavy atom. The van der Waals surface area contributed by atoms with Crippen LogP contribution in [0, 0.1) is 0 Å². The van der Waals surface area contributed by atoms with Crippen LogP contribution in [0.2, 0.25) is 0 Å². The maximum atomic E-state index is 11.2. The van der Waals surface area contributed by atoms with Crippen molar-refractivity contribution in [1.29, 1.82) is 0 Å². The van der Waals surface area contributed by atoms with Gasteiger partial charge in [0, 0.05) is 0 Å². The molecule has 0 atom stereocenters. The van der Waals surface area contributed by atoms with E-state index >= 15 is 0 Å². The van der Waals surface area contributed by atoms with Gasteiger partial charge in [-0.3, -0.25) is 0 Å². The monoisotopic (exact) mass is 327 g/mol. The molecule has 3 heteroatoms. The van der Waals surface area contributed by atoms with E-state index in [1.165, 1.54) is 32.1 Å². The van der Waals surface area contributed by atoms with Crippen molar-refractivity contribution in [3.05, 3.63) is 0 Å². The number of hydrogen-bond acceptors (Lipinski definition) is 2. The first kappa shape index (κ1) is 15.2. The Bertz CT molecular complexity index is 149. The van der Waals surface area contributed by atoms with E-state index in [1.54, 1.807) is 0 Å². The molecule has 0 rings (SSSR count). The summed E-state index contributed by atoms with van der Waals surface area (Å²) in [5.74, 6) is 0. The standard InChI is InChI=1S/C12H24IO2/c1-3-5-6-7-8-9-11-15-12(14)13-10-4-2/h3-11H2,1-2H3/q-1. The van der Waals surface area contributed by atoms with Crippen LogP contribution in [0.3, 0.4) is 0 Å². The van der Waals surface area contributed by atoms with E-state index in [9.17, 15) is 4.79 Å². The summed E-state index contributed by atoms with van der Waals surface area (Å²) in [5.41, 5.74) is 0. The number of hydrogen-bond donors (Lipinski definition) is 0. The van der Waals surface area contributed by atoms with Crippen LogP contribution in [0.15, 0.2) is 0 Å². The Labute approximate surface area is 104 Å². The quantitative estimate of drug-likeness (QED) is 0.259. The third-order valence-corrected chi connectivity index (χ3v) is 4.66. The molecule has 0 N–H and O–H groups in total. The van der Waals surface area contributed by atoms with Gasteiger partial charge in [-0.1, -0.05) is 0 Å². The van der Waals surface area contributed by atoms with Crippen LogP contribution in [0.1, 0.15) is 58.8 Å². The fraction of sp³-hybridized carbons (Fsp3) is 0.917. The van der Waals surface area contributed by atoms with Gasteiger partial charge in [-0.25, -0.2) is 0 Å². The second kappa shape index (κ2) is 12.3. The Balaban J connectivity index is 3.06. The Kier molecular flexibility index (Phi) is 12.4. The van der Waals surface area contributed by atoms with Gasteiger partial charge in [0.25, 0.3) is 0 Å². The number of rotatable bonds is 10. The third kappa shape index (κ3) is 12.1. The van der Waals surface area contributed by atoms with Crippen molar-refractivity contribution in [2.45, 2.75) is 58.8 Å². The summed E-state index contributed by atoms with van der Waals surface area (Å²) in [4.78, 5) is 11.2. The average molecular weight is 327 g/mol. The van der Waals surface area contributed by atoms with Gasteiger partial charge in [-0.15, -0.1) is 0 Å². The predicted octanol–water partition coefficient (Wildman–Crippen LogP) is 0.982. The van der Waals surface area contributed by atoms with Crippen LogP contribution in [0.4, 0.5) is 4.79 Å². The molecule has 92 valence electrons. The van der Waals surface area contributed by atoms with E-state index < -0.39 is 0 Å². The molecular weight excluding hydrogens is 303 g/mol. The van der Waals surface area contributed by atoms with Gasteiger partial charge in [-0.2, -0.15) is 0 Å². The maximum absolute atomic E-state index is 11.2. The normalized spacial score (nSPS) is 10.5. The third-order valence-electron chi connectivity index (χ3n) is 2.11. The first-order valence-electron chi connectivity index (χ1n) is 6.07. The van der Waals surface area contributed by atoms with Gasteiger partial charge in [0.2, 0.25) is 0 Å². The summed E-state index contributed by atoms with van der Waals surface area (Å²) in [6, 6.07) is 0. The fourth-order valence-corrected chi connectivity index (χ4v) is 2.67. The molecule has 0 radical (unpaired) electrons. The molecule has 2 nitrogen and oxygen atoms in total. The number of carbonyl (C=O) groups excluding carboxylic acids is 1. The molecule has 0 saturated carbocycles. The minimum absolute atomic E-state index is 0.0872. The first-order valence-corrected chi connectivity index (χ1v) is 8.67. The molecule has 0 aliphatic heterocycles. The summed E-state index contributed by atoms with van der Waals surface area (Å²) in [6.45, 7) is 4.98. The molecule has 0 spiro atoms. The summed E-state index contributed by atoms with van der Waals surface area (Å²) in [5, 5.41) is 0. The van der Waals surface area contributed by atoms with Crippen LogP contribution in [0.25, 0.3) is 0 Å². The average Bonchev–Trinajstić information content (AvgIpc) is 2.25. The van der Waals surface area contributed by atoms with Gasteiger partial charge < -0.3 is 0 Å². The van der Waals surface area contributed by atoms with Crippen molar-refractivity contribution in [3.63, 3.8) is 0 Å². The topological polar surface area (TPSA) is 26.3 Å². The summed E-state index contributed by atoms with van der Waals surface area (Å²) >= 11 is -0.331. The Hall–Kier alpha value is 0.200. The van der Waals surface area contributed by atoms with Gasteiger partial charge in [0.05, 0.1) is 0 Å². The van der Waals surface area contributed by atoms with Crippen molar-refractivity contribution in [3.8, 4) is 0 Å². The molecule has 15 heavy (non-hydrogen) atoms. The van der Waals surface area contributed by atoms with Crippen molar-refractivity contribution >= 4 is 3.98 Å². The molecule has 0 aliphatic carbocycles. The molecule has 0 aromatic heterocycles. The van der Waals surface area contributed by atoms with Gasteiger partial charge >= 0.3 is 105 Å². The zero-order valence-electron chi connectivity index (χ0n) is 10.1. The molecule has 0 aromatic carbocycles. The second-order valence-electron chi connectivity index (χ2n) is 3.68. The van der Waals surface area contributed by atoms with E-state index in [0.717, 1.165) is 17.3 Å². The number of unbranched alkanes of at least 4 members (excludes halogenated alkanes) is 5. The van der Waals surface area contributed by atoms with Gasteiger partial charge in [-0.05, 0) is 0 Å². The molecule has 0 saturated heterocycles. The number of carbonyl (C=O) groups is 1. The molecule has 0 aromatic rings. The summed E-state index contributed by atoms with van der Waals surface area (Å²) in [6.07, 6.45) is 8.60. The van der Waals surface area contributed by atoms with Crippen molar-refractivity contribution in [2.24, 2.45) is 0 Å². The molecular formula is C12H24IO2-.